The Morgan fingerprint density at radius 1 is 1.46 bits per heavy atom. The third kappa shape index (κ3) is 1.13. The van der Waals surface area contributed by atoms with Gasteiger partial charge in [-0.2, -0.15) is 0 Å². The molecule has 1 aliphatic rings. The van der Waals surface area contributed by atoms with Crippen molar-refractivity contribution in [2.75, 3.05) is 0 Å². The molecule has 1 heterocycles. The van der Waals surface area contributed by atoms with Crippen LogP contribution in [0.5, 0.6) is 0 Å². The van der Waals surface area contributed by atoms with E-state index >= 15 is 0 Å². The van der Waals surface area contributed by atoms with Crippen molar-refractivity contribution in [3.63, 3.8) is 0 Å². The Labute approximate surface area is 74.8 Å². The molecule has 70 valence electrons. The molecule has 2 nitrogen and oxygen atoms in total. The molecule has 1 saturated carbocycles. The highest BCUT2D eigenvalue weighted by atomic mass is 19.3. The third-order valence-electron chi connectivity index (χ3n) is 2.42. The Balaban J connectivity index is 2.38. The van der Waals surface area contributed by atoms with Gasteiger partial charge in [0.05, 0.1) is 0 Å². The van der Waals surface area contributed by atoms with Gasteiger partial charge in [0.2, 0.25) is 0 Å². The average Bonchev–Trinajstić information content (AvgIpc) is 2.53. The number of aryl methyl sites for hydroxylation is 1. The van der Waals surface area contributed by atoms with Crippen molar-refractivity contribution in [3.8, 4) is 0 Å². The van der Waals surface area contributed by atoms with E-state index in [1.54, 1.807) is 19.2 Å². The normalized spacial score (nSPS) is 30.2. The molecule has 1 unspecified atom stereocenters. The highest BCUT2D eigenvalue weighted by Crippen LogP contribution is 2.57. The molecule has 1 aromatic heterocycles. The van der Waals surface area contributed by atoms with Crippen molar-refractivity contribution in [3.05, 3.63) is 29.6 Å². The fourth-order valence-corrected chi connectivity index (χ4v) is 1.42. The minimum atomic E-state index is -2.76. The average molecular weight is 184 g/mol. The molecule has 2 rings (SSSR count). The van der Waals surface area contributed by atoms with Gasteiger partial charge < -0.3 is 5.73 Å². The lowest BCUT2D eigenvalue weighted by Crippen LogP contribution is -2.27. The molecule has 0 aliphatic heterocycles. The molecule has 0 bridgehead atoms. The van der Waals surface area contributed by atoms with Gasteiger partial charge in [-0.05, 0) is 18.1 Å². The Kier molecular flexibility index (Phi) is 1.49. The summed E-state index contributed by atoms with van der Waals surface area (Å²) in [6, 6.07) is 1.66. The van der Waals surface area contributed by atoms with Crippen LogP contribution in [-0.2, 0) is 5.54 Å². The minimum absolute atomic E-state index is 0.273. The van der Waals surface area contributed by atoms with Crippen LogP contribution < -0.4 is 5.73 Å². The zero-order valence-electron chi connectivity index (χ0n) is 7.22. The zero-order chi connectivity index (χ0) is 9.69. The van der Waals surface area contributed by atoms with E-state index in [1.807, 2.05) is 0 Å². The summed E-state index contributed by atoms with van der Waals surface area (Å²) < 4.78 is 25.7. The van der Waals surface area contributed by atoms with Crippen molar-refractivity contribution >= 4 is 0 Å². The van der Waals surface area contributed by atoms with Gasteiger partial charge in [0.15, 0.2) is 0 Å². The molecule has 1 fully saturated rings. The fourth-order valence-electron chi connectivity index (χ4n) is 1.42. The summed E-state index contributed by atoms with van der Waals surface area (Å²) in [5.74, 6) is -2.76. The summed E-state index contributed by atoms with van der Waals surface area (Å²) in [5, 5.41) is 0. The van der Waals surface area contributed by atoms with Crippen LogP contribution in [0.4, 0.5) is 8.78 Å². The number of nitrogens with two attached hydrogens (primary N) is 1. The highest BCUT2D eigenvalue weighted by molar-refractivity contribution is 5.35. The number of halogens is 2. The van der Waals surface area contributed by atoms with Crippen LogP contribution in [0.2, 0.25) is 0 Å². The summed E-state index contributed by atoms with van der Waals surface area (Å²) >= 11 is 0. The maximum atomic E-state index is 12.8. The van der Waals surface area contributed by atoms with Crippen molar-refractivity contribution in [2.24, 2.45) is 5.73 Å². The molecular weight excluding hydrogens is 174 g/mol. The zero-order valence-corrected chi connectivity index (χ0v) is 7.22. The molecule has 1 aliphatic carbocycles. The van der Waals surface area contributed by atoms with E-state index in [-0.39, 0.29) is 6.42 Å². The van der Waals surface area contributed by atoms with E-state index in [4.69, 9.17) is 5.73 Å². The van der Waals surface area contributed by atoms with Gasteiger partial charge in [-0.25, -0.2) is 8.78 Å². The number of rotatable bonds is 1. The van der Waals surface area contributed by atoms with Crippen LogP contribution in [0.25, 0.3) is 0 Å². The summed E-state index contributed by atoms with van der Waals surface area (Å²) in [4.78, 5) is 3.84. The summed E-state index contributed by atoms with van der Waals surface area (Å²) in [7, 11) is 0. The summed E-state index contributed by atoms with van der Waals surface area (Å²) in [6.07, 6.45) is 2.76. The summed E-state index contributed by atoms with van der Waals surface area (Å²) in [5.41, 5.74) is 5.34. The molecule has 1 aromatic rings. The molecule has 0 saturated heterocycles. The molecule has 0 radical (unpaired) electrons. The maximum absolute atomic E-state index is 12.8. The van der Waals surface area contributed by atoms with E-state index in [1.165, 1.54) is 6.20 Å². The fraction of sp³-hybridized carbons (Fsp3) is 0.444. The van der Waals surface area contributed by atoms with Crippen molar-refractivity contribution in [2.45, 2.75) is 24.8 Å². The van der Waals surface area contributed by atoms with E-state index in [0.29, 0.717) is 5.56 Å². The van der Waals surface area contributed by atoms with Gasteiger partial charge in [-0.3, -0.25) is 4.98 Å². The smallest absolute Gasteiger partial charge is 0.272 e. The first kappa shape index (κ1) is 8.56. The first-order valence-corrected chi connectivity index (χ1v) is 4.04. The number of aromatic nitrogens is 1. The molecule has 4 heteroatoms. The molecule has 0 spiro atoms. The lowest BCUT2D eigenvalue weighted by molar-refractivity contribution is 0.0890. The van der Waals surface area contributed by atoms with Gasteiger partial charge in [0, 0.05) is 18.8 Å². The topological polar surface area (TPSA) is 38.9 Å². The van der Waals surface area contributed by atoms with Crippen LogP contribution in [0.3, 0.4) is 0 Å². The van der Waals surface area contributed by atoms with Gasteiger partial charge in [-0.15, -0.1) is 0 Å². The molecular formula is C9H10F2N2. The molecule has 13 heavy (non-hydrogen) atoms. The number of pyridine rings is 1. The first-order chi connectivity index (χ1) is 5.96. The van der Waals surface area contributed by atoms with Gasteiger partial charge in [-0.1, -0.05) is 6.07 Å². The van der Waals surface area contributed by atoms with E-state index in [9.17, 15) is 8.78 Å². The second-order valence-electron chi connectivity index (χ2n) is 3.60. The van der Waals surface area contributed by atoms with E-state index < -0.39 is 11.5 Å². The second-order valence-corrected chi connectivity index (χ2v) is 3.60. The second kappa shape index (κ2) is 2.26. The highest BCUT2D eigenvalue weighted by Gasteiger charge is 2.70. The molecule has 2 N–H and O–H groups in total. The molecule has 0 aromatic carbocycles. The summed E-state index contributed by atoms with van der Waals surface area (Å²) in [6.45, 7) is 1.81. The number of nitrogens with zero attached hydrogens (tertiary/aromatic N) is 1. The molecule has 0 amide bonds. The van der Waals surface area contributed by atoms with Crippen LogP contribution in [-0.4, -0.2) is 10.9 Å². The van der Waals surface area contributed by atoms with Crippen LogP contribution in [0.1, 0.15) is 17.5 Å². The maximum Gasteiger partial charge on any atom is 0.272 e. The van der Waals surface area contributed by atoms with Crippen LogP contribution >= 0.6 is 0 Å². The minimum Gasteiger partial charge on any atom is -0.316 e. The predicted molar refractivity (Wildman–Crippen MR) is 44.4 cm³/mol. The van der Waals surface area contributed by atoms with Crippen molar-refractivity contribution in [1.29, 1.82) is 0 Å². The number of hydrogen-bond acceptors (Lipinski definition) is 2. The van der Waals surface area contributed by atoms with Crippen LogP contribution in [0, 0.1) is 6.92 Å². The quantitative estimate of drug-likeness (QED) is 0.719. The van der Waals surface area contributed by atoms with Crippen molar-refractivity contribution in [1.82, 2.24) is 4.98 Å². The lowest BCUT2D eigenvalue weighted by Gasteiger charge is -2.10. The first-order valence-electron chi connectivity index (χ1n) is 4.04. The van der Waals surface area contributed by atoms with Gasteiger partial charge >= 0.3 is 0 Å². The van der Waals surface area contributed by atoms with E-state index in [2.05, 4.69) is 4.98 Å². The van der Waals surface area contributed by atoms with Crippen LogP contribution in [0.15, 0.2) is 18.5 Å². The predicted octanol–water partition coefficient (Wildman–Crippen LogP) is 1.58. The standard InChI is InChI=1S/C9H10F2N2/c1-6-2-7(4-13-3-6)8(12)5-9(8,10)11/h2-4H,5,12H2,1H3. The third-order valence-corrected chi connectivity index (χ3v) is 2.42. The largest absolute Gasteiger partial charge is 0.316 e. The Hall–Kier alpha value is -1.03. The van der Waals surface area contributed by atoms with Gasteiger partial charge in [0.1, 0.15) is 5.54 Å². The Morgan fingerprint density at radius 2 is 2.08 bits per heavy atom. The monoisotopic (exact) mass is 184 g/mol. The SMILES string of the molecule is Cc1cncc(C2(N)CC2(F)F)c1. The Bertz CT molecular complexity index is 351. The van der Waals surface area contributed by atoms with Gasteiger partial charge in [0.25, 0.3) is 5.92 Å². The number of hydrogen-bond donors (Lipinski definition) is 1. The molecule has 1 atom stereocenters. The number of alkyl halides is 2. The Morgan fingerprint density at radius 3 is 2.54 bits per heavy atom. The van der Waals surface area contributed by atoms with Crippen molar-refractivity contribution < 1.29 is 8.78 Å². The lowest BCUT2D eigenvalue weighted by atomic mass is 10.1. The van der Waals surface area contributed by atoms with E-state index in [0.717, 1.165) is 5.56 Å².